The highest BCUT2D eigenvalue weighted by Gasteiger charge is 2.27. The Hall–Kier alpha value is -0.650. The quantitative estimate of drug-likeness (QED) is 0.824. The molecule has 2 heterocycles. The molecule has 132 valence electrons. The van der Waals surface area contributed by atoms with Crippen LogP contribution in [0.25, 0.3) is 0 Å². The van der Waals surface area contributed by atoms with Crippen LogP contribution in [0, 0.1) is 0 Å². The molecule has 1 saturated carbocycles. The van der Waals surface area contributed by atoms with E-state index in [1.54, 1.807) is 0 Å². The summed E-state index contributed by atoms with van der Waals surface area (Å²) in [5.41, 5.74) is 0. The third kappa shape index (κ3) is 4.91. The van der Waals surface area contributed by atoms with Crippen LogP contribution in [-0.4, -0.2) is 85.0 Å². The standard InChI is InChI=1S/C18H34N4O/c1-2-20-9-7-16(8-10-20)19-18(23)15-21-11-13-22(14-12-21)17-5-3-4-6-17/h16-17H,2-15H2,1H3,(H,19,23). The van der Waals surface area contributed by atoms with E-state index in [9.17, 15) is 4.79 Å². The lowest BCUT2D eigenvalue weighted by atomic mass is 10.1. The van der Waals surface area contributed by atoms with Crippen LogP contribution in [0.1, 0.15) is 45.4 Å². The molecule has 3 rings (SSSR count). The minimum absolute atomic E-state index is 0.231. The summed E-state index contributed by atoms with van der Waals surface area (Å²) < 4.78 is 0. The van der Waals surface area contributed by atoms with E-state index in [1.165, 1.54) is 25.7 Å². The van der Waals surface area contributed by atoms with Crippen molar-refractivity contribution in [3.05, 3.63) is 0 Å². The molecule has 2 aliphatic heterocycles. The van der Waals surface area contributed by atoms with E-state index in [4.69, 9.17) is 0 Å². The molecular formula is C18H34N4O. The van der Waals surface area contributed by atoms with Gasteiger partial charge in [-0.05, 0) is 32.2 Å². The van der Waals surface area contributed by atoms with Gasteiger partial charge in [0.05, 0.1) is 6.54 Å². The zero-order chi connectivity index (χ0) is 16.1. The first-order valence-electron chi connectivity index (χ1n) is 9.72. The van der Waals surface area contributed by atoms with Gasteiger partial charge in [0.15, 0.2) is 0 Å². The average Bonchev–Trinajstić information content (AvgIpc) is 3.11. The smallest absolute Gasteiger partial charge is 0.234 e. The molecule has 1 aliphatic carbocycles. The van der Waals surface area contributed by atoms with E-state index in [0.29, 0.717) is 12.6 Å². The number of hydrogen-bond acceptors (Lipinski definition) is 4. The molecule has 1 N–H and O–H groups in total. The number of likely N-dealkylation sites (tertiary alicyclic amines) is 1. The largest absolute Gasteiger partial charge is 0.352 e. The summed E-state index contributed by atoms with van der Waals surface area (Å²) in [4.78, 5) is 19.7. The second kappa shape index (κ2) is 8.45. The summed E-state index contributed by atoms with van der Waals surface area (Å²) in [7, 11) is 0. The Morgan fingerprint density at radius 1 is 0.913 bits per heavy atom. The maximum absolute atomic E-state index is 12.3. The van der Waals surface area contributed by atoms with Crippen LogP contribution in [0.3, 0.4) is 0 Å². The Bertz CT molecular complexity index is 367. The van der Waals surface area contributed by atoms with Crippen molar-refractivity contribution in [1.82, 2.24) is 20.0 Å². The van der Waals surface area contributed by atoms with Crippen LogP contribution in [0.5, 0.6) is 0 Å². The Morgan fingerprint density at radius 3 is 2.17 bits per heavy atom. The number of piperazine rings is 1. The zero-order valence-electron chi connectivity index (χ0n) is 14.8. The molecule has 2 saturated heterocycles. The molecule has 3 aliphatic rings. The molecule has 1 amide bonds. The minimum atomic E-state index is 0.231. The number of carbonyl (C=O) groups excluding carboxylic acids is 1. The Labute approximate surface area is 141 Å². The van der Waals surface area contributed by atoms with Gasteiger partial charge >= 0.3 is 0 Å². The van der Waals surface area contributed by atoms with E-state index < -0.39 is 0 Å². The van der Waals surface area contributed by atoms with Gasteiger partial charge in [-0.1, -0.05) is 19.8 Å². The summed E-state index contributed by atoms with van der Waals surface area (Å²) in [6.07, 6.45) is 7.80. The van der Waals surface area contributed by atoms with Crippen molar-refractivity contribution in [2.24, 2.45) is 0 Å². The molecule has 0 spiro atoms. The fourth-order valence-electron chi connectivity index (χ4n) is 4.43. The fourth-order valence-corrected chi connectivity index (χ4v) is 4.43. The molecule has 0 radical (unpaired) electrons. The summed E-state index contributed by atoms with van der Waals surface area (Å²) in [6, 6.07) is 1.22. The number of nitrogens with one attached hydrogen (secondary N) is 1. The predicted octanol–water partition coefficient (Wildman–Crippen LogP) is 1.15. The molecular weight excluding hydrogens is 288 g/mol. The minimum Gasteiger partial charge on any atom is -0.352 e. The lowest BCUT2D eigenvalue weighted by Crippen LogP contribution is -2.53. The van der Waals surface area contributed by atoms with Crippen LogP contribution >= 0.6 is 0 Å². The number of amides is 1. The summed E-state index contributed by atoms with van der Waals surface area (Å²) in [5, 5.41) is 3.26. The van der Waals surface area contributed by atoms with Gasteiger partial charge in [-0.3, -0.25) is 14.6 Å². The van der Waals surface area contributed by atoms with Gasteiger partial charge in [-0.2, -0.15) is 0 Å². The van der Waals surface area contributed by atoms with Crippen LogP contribution in [-0.2, 0) is 4.79 Å². The number of piperidine rings is 1. The summed E-state index contributed by atoms with van der Waals surface area (Å²) in [6.45, 7) is 10.6. The lowest BCUT2D eigenvalue weighted by molar-refractivity contribution is -0.123. The first kappa shape index (κ1) is 17.2. The first-order valence-corrected chi connectivity index (χ1v) is 9.72. The van der Waals surface area contributed by atoms with Crippen LogP contribution in [0.2, 0.25) is 0 Å². The third-order valence-corrected chi connectivity index (χ3v) is 6.02. The molecule has 3 fully saturated rings. The molecule has 0 atom stereocenters. The van der Waals surface area contributed by atoms with Crippen molar-refractivity contribution in [2.45, 2.75) is 57.5 Å². The molecule has 5 nitrogen and oxygen atoms in total. The van der Waals surface area contributed by atoms with Gasteiger partial charge in [0.1, 0.15) is 0 Å². The Morgan fingerprint density at radius 2 is 1.57 bits per heavy atom. The maximum atomic E-state index is 12.3. The van der Waals surface area contributed by atoms with Crippen molar-refractivity contribution < 1.29 is 4.79 Å². The van der Waals surface area contributed by atoms with Crippen LogP contribution in [0.4, 0.5) is 0 Å². The van der Waals surface area contributed by atoms with Crippen molar-refractivity contribution in [3.63, 3.8) is 0 Å². The fraction of sp³-hybridized carbons (Fsp3) is 0.944. The van der Waals surface area contributed by atoms with Crippen molar-refractivity contribution in [1.29, 1.82) is 0 Å². The number of nitrogens with zero attached hydrogens (tertiary/aromatic N) is 3. The second-order valence-electron chi connectivity index (χ2n) is 7.53. The summed E-state index contributed by atoms with van der Waals surface area (Å²) in [5.74, 6) is 0.231. The highest BCUT2D eigenvalue weighted by atomic mass is 16.2. The van der Waals surface area contributed by atoms with Gasteiger partial charge in [-0.25, -0.2) is 0 Å². The first-order chi connectivity index (χ1) is 11.2. The Balaban J connectivity index is 1.33. The average molecular weight is 322 g/mol. The maximum Gasteiger partial charge on any atom is 0.234 e. The van der Waals surface area contributed by atoms with Gasteiger partial charge < -0.3 is 10.2 Å². The zero-order valence-corrected chi connectivity index (χ0v) is 14.8. The van der Waals surface area contributed by atoms with E-state index in [2.05, 4.69) is 26.9 Å². The third-order valence-electron chi connectivity index (χ3n) is 6.02. The molecule has 0 bridgehead atoms. The highest BCUT2D eigenvalue weighted by Crippen LogP contribution is 2.24. The number of rotatable bonds is 5. The van der Waals surface area contributed by atoms with E-state index >= 15 is 0 Å². The van der Waals surface area contributed by atoms with Crippen molar-refractivity contribution in [2.75, 3.05) is 52.4 Å². The second-order valence-corrected chi connectivity index (χ2v) is 7.53. The summed E-state index contributed by atoms with van der Waals surface area (Å²) >= 11 is 0. The van der Waals surface area contributed by atoms with Crippen LogP contribution < -0.4 is 5.32 Å². The van der Waals surface area contributed by atoms with Crippen molar-refractivity contribution >= 4 is 5.91 Å². The molecule has 0 aromatic rings. The lowest BCUT2D eigenvalue weighted by Gasteiger charge is -2.38. The topological polar surface area (TPSA) is 38.8 Å². The van der Waals surface area contributed by atoms with Gasteiger partial charge in [0.25, 0.3) is 0 Å². The number of hydrogen-bond donors (Lipinski definition) is 1. The molecule has 0 aromatic carbocycles. The normalized spacial score (nSPS) is 26.7. The number of carbonyl (C=O) groups is 1. The highest BCUT2D eigenvalue weighted by molar-refractivity contribution is 5.78. The molecule has 0 unspecified atom stereocenters. The SMILES string of the molecule is CCN1CCC(NC(=O)CN2CCN(C3CCCC3)CC2)CC1. The van der Waals surface area contributed by atoms with E-state index in [-0.39, 0.29) is 5.91 Å². The molecule has 5 heteroatoms. The predicted molar refractivity (Wildman–Crippen MR) is 93.5 cm³/mol. The van der Waals surface area contributed by atoms with E-state index in [1.807, 2.05) is 0 Å². The van der Waals surface area contributed by atoms with Gasteiger partial charge in [-0.15, -0.1) is 0 Å². The van der Waals surface area contributed by atoms with Gasteiger partial charge in [0.2, 0.25) is 5.91 Å². The molecule has 23 heavy (non-hydrogen) atoms. The van der Waals surface area contributed by atoms with E-state index in [0.717, 1.165) is 64.7 Å². The van der Waals surface area contributed by atoms with Crippen LogP contribution in [0.15, 0.2) is 0 Å². The van der Waals surface area contributed by atoms with Gasteiger partial charge in [0, 0.05) is 51.4 Å². The Kier molecular flexibility index (Phi) is 6.31. The van der Waals surface area contributed by atoms with Crippen molar-refractivity contribution in [3.8, 4) is 0 Å². The molecule has 0 aromatic heterocycles. The monoisotopic (exact) mass is 322 g/mol.